The van der Waals surface area contributed by atoms with Crippen LogP contribution in [0.5, 0.6) is 0 Å². The number of halogens is 1. The molecule has 0 radical (unpaired) electrons. The van der Waals surface area contributed by atoms with Crippen molar-refractivity contribution in [1.82, 2.24) is 9.97 Å². The fourth-order valence-corrected chi connectivity index (χ4v) is 1.68. The molecule has 2 rings (SSSR count). The minimum absolute atomic E-state index is 0.317. The maximum absolute atomic E-state index is 10.9. The third kappa shape index (κ3) is 3.21. The fraction of sp³-hybridized carbons (Fsp3) is 0.182. The van der Waals surface area contributed by atoms with Crippen molar-refractivity contribution in [2.24, 2.45) is 0 Å². The van der Waals surface area contributed by atoms with E-state index in [2.05, 4.69) is 31.2 Å². The van der Waals surface area contributed by atoms with Crippen molar-refractivity contribution >= 4 is 21.6 Å². The van der Waals surface area contributed by atoms with Gasteiger partial charge in [0.05, 0.1) is 5.69 Å². The van der Waals surface area contributed by atoms with E-state index in [0.717, 1.165) is 10.2 Å². The average molecular weight is 298 g/mol. The van der Waals surface area contributed by atoms with Crippen LogP contribution >= 0.6 is 15.9 Å². The summed E-state index contributed by atoms with van der Waals surface area (Å²) in [5.41, 5.74) is 1.06. The van der Waals surface area contributed by atoms with Gasteiger partial charge in [0.2, 0.25) is 0 Å². The zero-order valence-corrected chi connectivity index (χ0v) is 10.5. The zero-order chi connectivity index (χ0) is 12.3. The minimum atomic E-state index is -0.752. The molecule has 1 heterocycles. The standard InChI is InChI=1S/C11H12BrN3O2/c12-7-1-3-8(4-2-7)13-6-10(16)9-5-14-11(17)15-9/h1-5,10,13,16H,6H2,(H2,14,15,17). The number of H-pyrrole nitrogens is 2. The number of hydrogen-bond donors (Lipinski definition) is 4. The van der Waals surface area contributed by atoms with E-state index in [1.165, 1.54) is 6.20 Å². The van der Waals surface area contributed by atoms with Gasteiger partial charge in [0.15, 0.2) is 0 Å². The molecule has 0 aliphatic carbocycles. The lowest BCUT2D eigenvalue weighted by Gasteiger charge is -2.11. The summed E-state index contributed by atoms with van der Waals surface area (Å²) in [7, 11) is 0. The molecule has 1 atom stereocenters. The highest BCUT2D eigenvalue weighted by molar-refractivity contribution is 9.10. The van der Waals surface area contributed by atoms with E-state index >= 15 is 0 Å². The molecule has 0 spiro atoms. The van der Waals surface area contributed by atoms with Gasteiger partial charge in [0.25, 0.3) is 0 Å². The third-order valence-corrected chi connectivity index (χ3v) is 2.85. The Labute approximate surface area is 106 Å². The van der Waals surface area contributed by atoms with Crippen LogP contribution in [0.15, 0.2) is 39.7 Å². The Kier molecular flexibility index (Phi) is 3.65. The second-order valence-electron chi connectivity index (χ2n) is 3.60. The summed E-state index contributed by atoms with van der Waals surface area (Å²) in [6.45, 7) is 0.329. The second kappa shape index (κ2) is 5.20. The fourth-order valence-electron chi connectivity index (χ4n) is 1.42. The molecule has 2 aromatic rings. The van der Waals surface area contributed by atoms with Crippen LogP contribution < -0.4 is 11.0 Å². The molecule has 1 unspecified atom stereocenters. The molecule has 6 heteroatoms. The molecule has 0 bridgehead atoms. The van der Waals surface area contributed by atoms with Crippen LogP contribution in [0, 0.1) is 0 Å². The smallest absolute Gasteiger partial charge is 0.323 e. The third-order valence-electron chi connectivity index (χ3n) is 2.32. The van der Waals surface area contributed by atoms with Crippen LogP contribution in [-0.2, 0) is 0 Å². The summed E-state index contributed by atoms with van der Waals surface area (Å²) < 4.78 is 0.999. The van der Waals surface area contributed by atoms with E-state index in [4.69, 9.17) is 0 Å². The lowest BCUT2D eigenvalue weighted by molar-refractivity contribution is 0.187. The van der Waals surface area contributed by atoms with E-state index < -0.39 is 6.10 Å². The molecule has 0 aliphatic heterocycles. The number of aliphatic hydroxyl groups is 1. The van der Waals surface area contributed by atoms with Gasteiger partial charge >= 0.3 is 5.69 Å². The normalized spacial score (nSPS) is 12.4. The molecule has 0 amide bonds. The van der Waals surface area contributed by atoms with Crippen LogP contribution in [0.4, 0.5) is 5.69 Å². The number of aliphatic hydroxyl groups excluding tert-OH is 1. The zero-order valence-electron chi connectivity index (χ0n) is 8.90. The van der Waals surface area contributed by atoms with Gasteiger partial charge in [-0.1, -0.05) is 15.9 Å². The molecule has 0 saturated carbocycles. The summed E-state index contributed by atoms with van der Waals surface area (Å²) >= 11 is 3.34. The molecule has 4 N–H and O–H groups in total. The van der Waals surface area contributed by atoms with Crippen LogP contribution in [0.1, 0.15) is 11.8 Å². The number of nitrogens with one attached hydrogen (secondary N) is 3. The summed E-state index contributed by atoms with van der Waals surface area (Å²) in [6.07, 6.45) is 0.716. The number of rotatable bonds is 4. The lowest BCUT2D eigenvalue weighted by Crippen LogP contribution is -2.13. The van der Waals surface area contributed by atoms with Crippen molar-refractivity contribution < 1.29 is 5.11 Å². The Bertz CT molecular complexity index is 532. The number of benzene rings is 1. The van der Waals surface area contributed by atoms with E-state index in [0.29, 0.717) is 12.2 Å². The second-order valence-corrected chi connectivity index (χ2v) is 4.52. The van der Waals surface area contributed by atoms with Gasteiger partial charge in [0, 0.05) is 22.9 Å². The summed E-state index contributed by atoms with van der Waals surface area (Å²) in [6, 6.07) is 7.62. The molecule has 0 fully saturated rings. The number of imidazole rings is 1. The Morgan fingerprint density at radius 2 is 2.06 bits per heavy atom. The molecule has 90 valence electrons. The van der Waals surface area contributed by atoms with E-state index in [9.17, 15) is 9.90 Å². The summed E-state index contributed by atoms with van der Waals surface area (Å²) in [4.78, 5) is 15.8. The van der Waals surface area contributed by atoms with Gasteiger partial charge in [-0.2, -0.15) is 0 Å². The summed E-state index contributed by atoms with van der Waals surface area (Å²) in [5.74, 6) is 0. The van der Waals surface area contributed by atoms with Gasteiger partial charge < -0.3 is 20.4 Å². The van der Waals surface area contributed by atoms with E-state index in [1.807, 2.05) is 24.3 Å². The Hall–Kier alpha value is -1.53. The average Bonchev–Trinajstić information content (AvgIpc) is 2.75. The molecule has 1 aromatic carbocycles. The van der Waals surface area contributed by atoms with Gasteiger partial charge in [-0.3, -0.25) is 0 Å². The first-order valence-electron chi connectivity index (χ1n) is 5.10. The minimum Gasteiger partial charge on any atom is -0.385 e. The highest BCUT2D eigenvalue weighted by Crippen LogP contribution is 2.15. The van der Waals surface area contributed by atoms with E-state index in [1.54, 1.807) is 0 Å². The first-order valence-corrected chi connectivity index (χ1v) is 5.89. The van der Waals surface area contributed by atoms with Crippen LogP contribution in [0.25, 0.3) is 0 Å². The topological polar surface area (TPSA) is 80.9 Å². The molecule has 5 nitrogen and oxygen atoms in total. The Balaban J connectivity index is 1.94. The molecule has 17 heavy (non-hydrogen) atoms. The highest BCUT2D eigenvalue weighted by atomic mass is 79.9. The highest BCUT2D eigenvalue weighted by Gasteiger charge is 2.08. The first-order chi connectivity index (χ1) is 8.15. The molecule has 0 saturated heterocycles. The molecule has 1 aromatic heterocycles. The lowest BCUT2D eigenvalue weighted by atomic mass is 10.2. The SMILES string of the molecule is O=c1[nH]cc(C(O)CNc2ccc(Br)cc2)[nH]1. The molecular formula is C11H12BrN3O2. The van der Waals surface area contributed by atoms with Crippen LogP contribution in [-0.4, -0.2) is 21.6 Å². The van der Waals surface area contributed by atoms with Gasteiger partial charge in [-0.05, 0) is 24.3 Å². The first kappa shape index (κ1) is 11.9. The van der Waals surface area contributed by atoms with Gasteiger partial charge in [-0.25, -0.2) is 4.79 Å². The van der Waals surface area contributed by atoms with E-state index in [-0.39, 0.29) is 5.69 Å². The Morgan fingerprint density at radius 1 is 1.35 bits per heavy atom. The monoisotopic (exact) mass is 297 g/mol. The van der Waals surface area contributed by atoms with Crippen LogP contribution in [0.2, 0.25) is 0 Å². The quantitative estimate of drug-likeness (QED) is 0.692. The Morgan fingerprint density at radius 3 is 2.65 bits per heavy atom. The van der Waals surface area contributed by atoms with Crippen molar-refractivity contribution in [2.75, 3.05) is 11.9 Å². The molecular weight excluding hydrogens is 286 g/mol. The largest absolute Gasteiger partial charge is 0.385 e. The number of aromatic amines is 2. The summed E-state index contributed by atoms with van der Waals surface area (Å²) in [5, 5.41) is 12.9. The van der Waals surface area contributed by atoms with Crippen molar-refractivity contribution in [3.63, 3.8) is 0 Å². The predicted octanol–water partition coefficient (Wildman–Crippen LogP) is 1.61. The maximum atomic E-state index is 10.9. The molecule has 0 aliphatic rings. The van der Waals surface area contributed by atoms with Crippen molar-refractivity contribution in [3.8, 4) is 0 Å². The van der Waals surface area contributed by atoms with Gasteiger partial charge in [-0.15, -0.1) is 0 Å². The maximum Gasteiger partial charge on any atom is 0.323 e. The van der Waals surface area contributed by atoms with Crippen molar-refractivity contribution in [3.05, 3.63) is 51.1 Å². The number of hydrogen-bond acceptors (Lipinski definition) is 3. The van der Waals surface area contributed by atoms with Gasteiger partial charge in [0.1, 0.15) is 6.10 Å². The van der Waals surface area contributed by atoms with Crippen LogP contribution in [0.3, 0.4) is 0 Å². The van der Waals surface area contributed by atoms with Crippen molar-refractivity contribution in [2.45, 2.75) is 6.10 Å². The predicted molar refractivity (Wildman–Crippen MR) is 69.0 cm³/mol. The number of aromatic nitrogens is 2. The number of anilines is 1. The van der Waals surface area contributed by atoms with Crippen molar-refractivity contribution in [1.29, 1.82) is 0 Å².